The molecule has 0 heterocycles. The van der Waals surface area contributed by atoms with Gasteiger partial charge in [-0.05, 0) is 31.0 Å². The van der Waals surface area contributed by atoms with E-state index >= 15 is 0 Å². The molecule has 1 amide bonds. The lowest BCUT2D eigenvalue weighted by atomic mass is 9.95. The van der Waals surface area contributed by atoms with Crippen molar-refractivity contribution in [2.24, 2.45) is 0 Å². The Morgan fingerprint density at radius 3 is 2.84 bits per heavy atom. The van der Waals surface area contributed by atoms with Gasteiger partial charge in [0.05, 0.1) is 12.0 Å². The molecule has 1 aromatic carbocycles. The SMILES string of the molecule is O=C(NC1CCCCC1)c1cccc(SOOO)c1. The number of carbonyl (C=O) groups excluding carboxylic acids is 1. The van der Waals surface area contributed by atoms with E-state index in [2.05, 4.69) is 14.7 Å². The van der Waals surface area contributed by atoms with Crippen molar-refractivity contribution < 1.29 is 19.4 Å². The Kier molecular flexibility index (Phi) is 5.65. The first-order chi connectivity index (χ1) is 9.29. The van der Waals surface area contributed by atoms with Gasteiger partial charge in [0.25, 0.3) is 5.91 Å². The molecule has 104 valence electrons. The van der Waals surface area contributed by atoms with Gasteiger partial charge in [-0.3, -0.25) is 4.79 Å². The minimum absolute atomic E-state index is 0.0701. The average molecular weight is 283 g/mol. The van der Waals surface area contributed by atoms with Crippen LogP contribution >= 0.6 is 12.0 Å². The molecule has 0 spiro atoms. The predicted molar refractivity (Wildman–Crippen MR) is 71.4 cm³/mol. The monoisotopic (exact) mass is 283 g/mol. The smallest absolute Gasteiger partial charge is 0.251 e. The Hall–Kier alpha value is -1.08. The Balaban J connectivity index is 1.93. The lowest BCUT2D eigenvalue weighted by molar-refractivity contribution is -0.432. The van der Waals surface area contributed by atoms with Gasteiger partial charge >= 0.3 is 0 Å². The Labute approximate surface area is 116 Å². The first-order valence-corrected chi connectivity index (χ1v) is 7.09. The lowest BCUT2D eigenvalue weighted by Crippen LogP contribution is -2.36. The molecule has 6 heteroatoms. The highest BCUT2D eigenvalue weighted by Gasteiger charge is 2.16. The van der Waals surface area contributed by atoms with Crippen LogP contribution in [0.15, 0.2) is 29.2 Å². The number of hydrogen-bond donors (Lipinski definition) is 2. The summed E-state index contributed by atoms with van der Waals surface area (Å²) in [6.45, 7) is 0. The quantitative estimate of drug-likeness (QED) is 0.493. The molecule has 1 saturated carbocycles. The van der Waals surface area contributed by atoms with E-state index in [-0.39, 0.29) is 11.9 Å². The maximum atomic E-state index is 12.1. The molecule has 0 unspecified atom stereocenters. The van der Waals surface area contributed by atoms with E-state index in [1.807, 2.05) is 0 Å². The number of nitrogens with one attached hydrogen (secondary N) is 1. The molecule has 1 aliphatic rings. The fraction of sp³-hybridized carbons (Fsp3) is 0.462. The van der Waals surface area contributed by atoms with Gasteiger partial charge in [0.2, 0.25) is 0 Å². The van der Waals surface area contributed by atoms with E-state index in [1.165, 1.54) is 19.3 Å². The van der Waals surface area contributed by atoms with Crippen LogP contribution in [0.2, 0.25) is 0 Å². The van der Waals surface area contributed by atoms with Crippen LogP contribution in [-0.4, -0.2) is 17.2 Å². The van der Waals surface area contributed by atoms with Gasteiger partial charge in [0, 0.05) is 16.5 Å². The van der Waals surface area contributed by atoms with Gasteiger partial charge in [0.1, 0.15) is 0 Å². The Morgan fingerprint density at radius 1 is 1.32 bits per heavy atom. The summed E-state index contributed by atoms with van der Waals surface area (Å²) in [6, 6.07) is 7.26. The molecule has 1 aliphatic carbocycles. The second kappa shape index (κ2) is 7.49. The molecule has 0 aromatic heterocycles. The topological polar surface area (TPSA) is 67.8 Å². The fourth-order valence-electron chi connectivity index (χ4n) is 2.26. The number of amides is 1. The summed E-state index contributed by atoms with van der Waals surface area (Å²) in [5, 5.41) is 14.7. The largest absolute Gasteiger partial charge is 0.349 e. The molecule has 0 radical (unpaired) electrons. The number of carbonyl (C=O) groups is 1. The summed E-state index contributed by atoms with van der Waals surface area (Å²) in [6.07, 6.45) is 5.74. The van der Waals surface area contributed by atoms with Crippen LogP contribution < -0.4 is 5.32 Å². The minimum atomic E-state index is -0.0701. The molecular weight excluding hydrogens is 266 g/mol. The van der Waals surface area contributed by atoms with Crippen LogP contribution in [0.3, 0.4) is 0 Å². The fourth-order valence-corrected chi connectivity index (χ4v) is 2.68. The van der Waals surface area contributed by atoms with Crippen molar-refractivity contribution in [1.82, 2.24) is 5.32 Å². The van der Waals surface area contributed by atoms with Gasteiger partial charge in [-0.15, -0.1) is 4.33 Å². The van der Waals surface area contributed by atoms with Gasteiger partial charge in [-0.1, -0.05) is 30.4 Å². The molecule has 0 aliphatic heterocycles. The van der Waals surface area contributed by atoms with Crippen molar-refractivity contribution in [3.05, 3.63) is 29.8 Å². The standard InChI is InChI=1S/C13H17NO4S/c15-13(14-11-6-2-1-3-7-11)10-5-4-8-12(9-10)19-18-17-16/h4-5,8-9,11,16H,1-3,6-7H2,(H,14,15). The summed E-state index contributed by atoms with van der Waals surface area (Å²) in [7, 11) is 0. The summed E-state index contributed by atoms with van der Waals surface area (Å²) < 4.78 is 4.34. The molecular formula is C13H17NO4S. The summed E-state index contributed by atoms with van der Waals surface area (Å²) in [5.74, 6) is -0.0701. The highest BCUT2D eigenvalue weighted by atomic mass is 32.2. The van der Waals surface area contributed by atoms with Gasteiger partial charge in [0.15, 0.2) is 0 Å². The Bertz CT molecular complexity index is 421. The maximum Gasteiger partial charge on any atom is 0.251 e. The number of benzene rings is 1. The van der Waals surface area contributed by atoms with E-state index in [0.717, 1.165) is 24.9 Å². The van der Waals surface area contributed by atoms with Crippen molar-refractivity contribution in [3.63, 3.8) is 0 Å². The highest BCUT2D eigenvalue weighted by molar-refractivity contribution is 7.94. The van der Waals surface area contributed by atoms with Gasteiger partial charge in [-0.25, -0.2) is 5.26 Å². The van der Waals surface area contributed by atoms with Crippen molar-refractivity contribution in [2.75, 3.05) is 0 Å². The third-order valence-corrected chi connectivity index (χ3v) is 3.77. The molecule has 1 aromatic rings. The van der Waals surface area contributed by atoms with Gasteiger partial charge < -0.3 is 5.32 Å². The van der Waals surface area contributed by atoms with Crippen molar-refractivity contribution in [3.8, 4) is 0 Å². The van der Waals surface area contributed by atoms with Crippen molar-refractivity contribution >= 4 is 17.9 Å². The third-order valence-electron chi connectivity index (χ3n) is 3.20. The lowest BCUT2D eigenvalue weighted by Gasteiger charge is -2.22. The van der Waals surface area contributed by atoms with E-state index in [9.17, 15) is 4.79 Å². The molecule has 0 bridgehead atoms. The molecule has 2 N–H and O–H groups in total. The van der Waals surface area contributed by atoms with Crippen LogP contribution in [0.5, 0.6) is 0 Å². The van der Waals surface area contributed by atoms with Crippen molar-refractivity contribution in [1.29, 1.82) is 0 Å². The van der Waals surface area contributed by atoms with E-state index < -0.39 is 0 Å². The maximum absolute atomic E-state index is 12.1. The summed E-state index contributed by atoms with van der Waals surface area (Å²) >= 11 is 0.846. The molecule has 0 atom stereocenters. The minimum Gasteiger partial charge on any atom is -0.349 e. The second-order valence-electron chi connectivity index (χ2n) is 4.56. The number of hydrogen-bond acceptors (Lipinski definition) is 5. The first kappa shape index (κ1) is 14.3. The zero-order chi connectivity index (χ0) is 13.5. The molecule has 2 rings (SSSR count). The van der Waals surface area contributed by atoms with Crippen LogP contribution in [0.4, 0.5) is 0 Å². The third kappa shape index (κ3) is 4.50. The van der Waals surface area contributed by atoms with Crippen LogP contribution in [0.25, 0.3) is 0 Å². The van der Waals surface area contributed by atoms with Crippen LogP contribution in [0, 0.1) is 0 Å². The summed E-state index contributed by atoms with van der Waals surface area (Å²) in [4.78, 5) is 12.8. The second-order valence-corrected chi connectivity index (χ2v) is 5.34. The zero-order valence-corrected chi connectivity index (χ0v) is 11.3. The highest BCUT2D eigenvalue weighted by Crippen LogP contribution is 2.21. The Morgan fingerprint density at radius 2 is 2.11 bits per heavy atom. The molecule has 5 nitrogen and oxygen atoms in total. The van der Waals surface area contributed by atoms with E-state index in [0.29, 0.717) is 10.5 Å². The summed E-state index contributed by atoms with van der Waals surface area (Å²) in [5.41, 5.74) is 0.581. The molecule has 1 fully saturated rings. The van der Waals surface area contributed by atoms with Crippen LogP contribution in [-0.2, 0) is 9.37 Å². The van der Waals surface area contributed by atoms with E-state index in [1.54, 1.807) is 24.3 Å². The zero-order valence-electron chi connectivity index (χ0n) is 10.5. The van der Waals surface area contributed by atoms with Crippen LogP contribution in [0.1, 0.15) is 42.5 Å². The van der Waals surface area contributed by atoms with E-state index in [4.69, 9.17) is 5.26 Å². The normalized spacial score (nSPS) is 16.3. The first-order valence-electron chi connectivity index (χ1n) is 6.35. The molecule has 19 heavy (non-hydrogen) atoms. The molecule has 0 saturated heterocycles. The van der Waals surface area contributed by atoms with Gasteiger partial charge in [-0.2, -0.15) is 0 Å². The average Bonchev–Trinajstić information content (AvgIpc) is 2.46. The number of rotatable bonds is 5. The predicted octanol–water partition coefficient (Wildman–Crippen LogP) is 3.18. The van der Waals surface area contributed by atoms with Crippen molar-refractivity contribution in [2.45, 2.75) is 43.0 Å².